The molecule has 0 aliphatic rings. The summed E-state index contributed by atoms with van der Waals surface area (Å²) in [5.74, 6) is -0.425. The Balaban J connectivity index is 3.51. The van der Waals surface area contributed by atoms with Crippen LogP contribution in [0, 0.1) is 6.92 Å². The molecule has 82 valence electrons. The second-order valence-electron chi connectivity index (χ2n) is 2.92. The maximum absolute atomic E-state index is 10.9. The fourth-order valence-electron chi connectivity index (χ4n) is 1.33. The van der Waals surface area contributed by atoms with Crippen molar-refractivity contribution in [2.24, 2.45) is 0 Å². The Morgan fingerprint density at radius 2 is 2.00 bits per heavy atom. The van der Waals surface area contributed by atoms with E-state index in [1.165, 1.54) is 14.2 Å². The van der Waals surface area contributed by atoms with Crippen molar-refractivity contribution in [1.82, 2.24) is 0 Å². The highest BCUT2D eigenvalue weighted by atomic mass is 35.5. The van der Waals surface area contributed by atoms with Crippen LogP contribution in [-0.4, -0.2) is 25.3 Å². The average Bonchev–Trinajstić information content (AvgIpc) is 2.16. The lowest BCUT2D eigenvalue weighted by atomic mass is 10.1. The topological polar surface area (TPSA) is 55.8 Å². The van der Waals surface area contributed by atoms with Gasteiger partial charge in [0.2, 0.25) is 0 Å². The van der Waals surface area contributed by atoms with Crippen LogP contribution in [0.15, 0.2) is 6.07 Å². The van der Waals surface area contributed by atoms with Gasteiger partial charge in [0.25, 0.3) is 0 Å². The third-order valence-corrected chi connectivity index (χ3v) is 2.38. The normalized spacial score (nSPS) is 9.87. The number of rotatable bonds is 3. The minimum Gasteiger partial charge on any atom is -0.493 e. The molecule has 0 aromatic heterocycles. The van der Waals surface area contributed by atoms with Gasteiger partial charge in [-0.05, 0) is 18.6 Å². The summed E-state index contributed by atoms with van der Waals surface area (Å²) in [7, 11) is 2.87. The number of aromatic carboxylic acids is 1. The summed E-state index contributed by atoms with van der Waals surface area (Å²) in [6.07, 6.45) is 0. The number of carbonyl (C=O) groups is 1. The Kier molecular flexibility index (Phi) is 3.42. The number of halogens is 1. The molecule has 0 saturated carbocycles. The third-order valence-electron chi connectivity index (χ3n) is 2.02. The first-order valence-electron chi connectivity index (χ1n) is 4.17. The van der Waals surface area contributed by atoms with Crippen molar-refractivity contribution in [2.45, 2.75) is 6.92 Å². The van der Waals surface area contributed by atoms with Crippen LogP contribution in [-0.2, 0) is 0 Å². The predicted octanol–water partition coefficient (Wildman–Crippen LogP) is 2.36. The van der Waals surface area contributed by atoms with Gasteiger partial charge in [0.15, 0.2) is 11.5 Å². The van der Waals surface area contributed by atoms with E-state index < -0.39 is 5.97 Å². The number of carboxylic acids is 1. The van der Waals surface area contributed by atoms with Gasteiger partial charge in [-0.1, -0.05) is 11.6 Å². The van der Waals surface area contributed by atoms with Crippen molar-refractivity contribution in [3.05, 3.63) is 22.2 Å². The van der Waals surface area contributed by atoms with Gasteiger partial charge in [0.05, 0.1) is 19.8 Å². The molecule has 15 heavy (non-hydrogen) atoms. The van der Waals surface area contributed by atoms with Crippen molar-refractivity contribution in [1.29, 1.82) is 0 Å². The van der Waals surface area contributed by atoms with E-state index in [4.69, 9.17) is 26.2 Å². The smallest absolute Gasteiger partial charge is 0.337 e. The van der Waals surface area contributed by atoms with Gasteiger partial charge in [-0.25, -0.2) is 4.79 Å². The van der Waals surface area contributed by atoms with Crippen LogP contribution in [0.5, 0.6) is 11.5 Å². The number of carboxylic acid groups (broad SMARTS) is 1. The average molecular weight is 231 g/mol. The molecule has 1 N–H and O–H groups in total. The van der Waals surface area contributed by atoms with Crippen molar-refractivity contribution in [3.63, 3.8) is 0 Å². The number of methoxy groups -OCH3 is 2. The molecule has 1 aromatic rings. The quantitative estimate of drug-likeness (QED) is 0.866. The number of benzene rings is 1. The Bertz CT molecular complexity index is 401. The highest BCUT2D eigenvalue weighted by Gasteiger charge is 2.20. The van der Waals surface area contributed by atoms with Gasteiger partial charge in [0.1, 0.15) is 5.02 Å². The lowest BCUT2D eigenvalue weighted by Gasteiger charge is -2.13. The highest BCUT2D eigenvalue weighted by Crippen LogP contribution is 2.39. The molecule has 0 amide bonds. The second kappa shape index (κ2) is 4.40. The molecule has 0 unspecified atom stereocenters. The second-order valence-corrected chi connectivity index (χ2v) is 3.30. The molecule has 0 fully saturated rings. The minimum atomic E-state index is -1.08. The molecule has 0 spiro atoms. The van der Waals surface area contributed by atoms with Crippen LogP contribution in [0.25, 0.3) is 0 Å². The van der Waals surface area contributed by atoms with Gasteiger partial charge >= 0.3 is 5.97 Å². The predicted molar refractivity (Wildman–Crippen MR) is 56.3 cm³/mol. The summed E-state index contributed by atoms with van der Waals surface area (Å²) in [5.41, 5.74) is 0.569. The molecule has 0 bridgehead atoms. The minimum absolute atomic E-state index is 0.0364. The fraction of sp³-hybridized carbons (Fsp3) is 0.300. The molecule has 1 rings (SSSR count). The van der Waals surface area contributed by atoms with Crippen LogP contribution in [0.1, 0.15) is 15.9 Å². The molecule has 0 aliphatic carbocycles. The first-order valence-corrected chi connectivity index (χ1v) is 4.55. The Morgan fingerprint density at radius 3 is 2.40 bits per heavy atom. The van der Waals surface area contributed by atoms with E-state index in [9.17, 15) is 4.79 Å². The summed E-state index contributed by atoms with van der Waals surface area (Å²) < 4.78 is 10.0. The summed E-state index contributed by atoms with van der Waals surface area (Å²) >= 11 is 5.91. The third kappa shape index (κ3) is 1.99. The van der Waals surface area contributed by atoms with Gasteiger partial charge in [-0.15, -0.1) is 0 Å². The van der Waals surface area contributed by atoms with E-state index in [0.29, 0.717) is 11.3 Å². The van der Waals surface area contributed by atoms with Crippen LogP contribution in [0.3, 0.4) is 0 Å². The van der Waals surface area contributed by atoms with E-state index in [1.807, 2.05) is 0 Å². The van der Waals surface area contributed by atoms with Crippen molar-refractivity contribution in [3.8, 4) is 11.5 Å². The molecular weight excluding hydrogens is 220 g/mol. The molecule has 0 atom stereocenters. The number of aryl methyl sites for hydroxylation is 1. The van der Waals surface area contributed by atoms with Crippen LogP contribution >= 0.6 is 11.6 Å². The zero-order valence-electron chi connectivity index (χ0n) is 8.63. The lowest BCUT2D eigenvalue weighted by molar-refractivity contribution is 0.0696. The van der Waals surface area contributed by atoms with E-state index in [2.05, 4.69) is 0 Å². The maximum Gasteiger partial charge on any atom is 0.337 e. The van der Waals surface area contributed by atoms with Crippen molar-refractivity contribution in [2.75, 3.05) is 14.2 Å². The number of ether oxygens (including phenoxy) is 2. The van der Waals surface area contributed by atoms with Crippen LogP contribution in [0.4, 0.5) is 0 Å². The highest BCUT2D eigenvalue weighted by molar-refractivity contribution is 6.35. The number of hydrogen-bond acceptors (Lipinski definition) is 3. The molecule has 1 aromatic carbocycles. The Labute approximate surface area is 92.4 Å². The molecule has 5 heteroatoms. The first kappa shape index (κ1) is 11.7. The van der Waals surface area contributed by atoms with Gasteiger partial charge in [-0.3, -0.25) is 0 Å². The molecule has 0 aliphatic heterocycles. The zero-order valence-corrected chi connectivity index (χ0v) is 9.38. The lowest BCUT2D eigenvalue weighted by Crippen LogP contribution is -2.04. The summed E-state index contributed by atoms with van der Waals surface area (Å²) in [5, 5.41) is 9.01. The van der Waals surface area contributed by atoms with Crippen LogP contribution < -0.4 is 9.47 Å². The summed E-state index contributed by atoms with van der Waals surface area (Å²) in [4.78, 5) is 10.9. The van der Waals surface area contributed by atoms with Crippen molar-refractivity contribution < 1.29 is 19.4 Å². The zero-order chi connectivity index (χ0) is 11.6. The summed E-state index contributed by atoms with van der Waals surface area (Å²) in [6.45, 7) is 1.65. The standard InChI is InChI=1S/C10H11ClO4/c1-5-4-6(14-2)9(15-3)8(11)7(5)10(12)13/h4H,1-3H3,(H,12,13). The van der Waals surface area contributed by atoms with Crippen molar-refractivity contribution >= 4 is 17.6 Å². The summed E-state index contributed by atoms with van der Waals surface area (Å²) in [6, 6.07) is 1.58. The number of hydrogen-bond donors (Lipinski definition) is 1. The maximum atomic E-state index is 10.9. The molecule has 0 radical (unpaired) electrons. The van der Waals surface area contributed by atoms with E-state index >= 15 is 0 Å². The van der Waals surface area contributed by atoms with Gasteiger partial charge in [0, 0.05) is 0 Å². The monoisotopic (exact) mass is 230 g/mol. The van der Waals surface area contributed by atoms with Gasteiger partial charge in [-0.2, -0.15) is 0 Å². The Morgan fingerprint density at radius 1 is 1.40 bits per heavy atom. The fourth-order valence-corrected chi connectivity index (χ4v) is 1.73. The largest absolute Gasteiger partial charge is 0.493 e. The van der Waals surface area contributed by atoms with Crippen LogP contribution in [0.2, 0.25) is 5.02 Å². The molecule has 0 heterocycles. The van der Waals surface area contributed by atoms with E-state index in [1.54, 1.807) is 13.0 Å². The molecular formula is C10H11ClO4. The molecule has 0 saturated heterocycles. The first-order chi connectivity index (χ1) is 7.02. The SMILES string of the molecule is COc1cc(C)c(C(=O)O)c(Cl)c1OC. The Hall–Kier alpha value is -1.42. The molecule has 4 nitrogen and oxygen atoms in total. The van der Waals surface area contributed by atoms with E-state index in [-0.39, 0.29) is 16.3 Å². The van der Waals surface area contributed by atoms with E-state index in [0.717, 1.165) is 0 Å². The van der Waals surface area contributed by atoms with Gasteiger partial charge < -0.3 is 14.6 Å².